The highest BCUT2D eigenvalue weighted by molar-refractivity contribution is 6.11. The van der Waals surface area contributed by atoms with Gasteiger partial charge in [0, 0.05) is 30.6 Å². The summed E-state index contributed by atoms with van der Waals surface area (Å²) in [5.41, 5.74) is 0.840. The molecule has 8 heteroatoms. The van der Waals surface area contributed by atoms with Crippen molar-refractivity contribution in [3.8, 4) is 6.07 Å². The number of hydrogen-bond donors (Lipinski definition) is 3. The maximum Gasteiger partial charge on any atom is 0.229 e. The summed E-state index contributed by atoms with van der Waals surface area (Å²) in [6.45, 7) is 1.47. The number of hydrogen-bond acceptors (Lipinski definition) is 6. The number of benzene rings is 1. The van der Waals surface area contributed by atoms with Crippen LogP contribution in [0.15, 0.2) is 36.0 Å². The van der Waals surface area contributed by atoms with Gasteiger partial charge in [-0.05, 0) is 31.2 Å². The molecule has 0 aliphatic carbocycles. The van der Waals surface area contributed by atoms with Crippen molar-refractivity contribution < 1.29 is 14.3 Å². The predicted molar refractivity (Wildman–Crippen MR) is 89.8 cm³/mol. The van der Waals surface area contributed by atoms with Gasteiger partial charge in [-0.1, -0.05) is 0 Å². The van der Waals surface area contributed by atoms with Crippen LogP contribution >= 0.6 is 0 Å². The average molecular weight is 341 g/mol. The number of nitriles is 1. The molecule has 2 aromatic rings. The van der Waals surface area contributed by atoms with Crippen molar-refractivity contribution in [3.63, 3.8) is 0 Å². The van der Waals surface area contributed by atoms with Crippen LogP contribution < -0.4 is 5.32 Å². The second-order valence-corrected chi connectivity index (χ2v) is 5.26. The maximum atomic E-state index is 13.4. The molecule has 0 radical (unpaired) electrons. The number of nitrogens with zero attached hydrogens (tertiary/aromatic N) is 3. The molecule has 0 bridgehead atoms. The van der Waals surface area contributed by atoms with E-state index in [1.165, 1.54) is 42.9 Å². The van der Waals surface area contributed by atoms with Crippen LogP contribution in [0.25, 0.3) is 0 Å². The van der Waals surface area contributed by atoms with Crippen molar-refractivity contribution in [3.05, 3.63) is 58.8 Å². The number of aliphatic hydroxyl groups is 1. The van der Waals surface area contributed by atoms with E-state index in [4.69, 9.17) is 10.7 Å². The molecule has 7 nitrogen and oxygen atoms in total. The third-order valence-corrected chi connectivity index (χ3v) is 3.45. The Balaban J connectivity index is 2.40. The molecule has 1 unspecified atom stereocenters. The van der Waals surface area contributed by atoms with E-state index in [1.54, 1.807) is 0 Å². The van der Waals surface area contributed by atoms with E-state index in [-0.39, 0.29) is 22.6 Å². The zero-order chi connectivity index (χ0) is 18.6. The molecular formula is C17H16FN5O2. The average Bonchev–Trinajstić information content (AvgIpc) is 2.96. The van der Waals surface area contributed by atoms with Crippen molar-refractivity contribution in [1.82, 2.24) is 9.78 Å². The van der Waals surface area contributed by atoms with E-state index >= 15 is 0 Å². The van der Waals surface area contributed by atoms with E-state index in [9.17, 15) is 14.3 Å². The number of carbonyl (C=O) groups excluding carboxylic acids is 1. The molecule has 3 N–H and O–H groups in total. The van der Waals surface area contributed by atoms with E-state index in [0.29, 0.717) is 5.69 Å². The lowest BCUT2D eigenvalue weighted by Crippen LogP contribution is -2.15. The van der Waals surface area contributed by atoms with Gasteiger partial charge < -0.3 is 15.8 Å². The van der Waals surface area contributed by atoms with Gasteiger partial charge in [0.05, 0.1) is 11.8 Å². The Bertz CT molecular complexity index is 893. The molecule has 1 heterocycles. The van der Waals surface area contributed by atoms with Crippen molar-refractivity contribution in [2.24, 2.45) is 7.05 Å². The quantitative estimate of drug-likeness (QED) is 0.424. The Hall–Kier alpha value is -3.31. The maximum absolute atomic E-state index is 13.4. The van der Waals surface area contributed by atoms with Crippen LogP contribution in [0, 0.1) is 22.6 Å². The molecule has 0 saturated carbocycles. The Labute approximate surface area is 143 Å². The minimum Gasteiger partial charge on any atom is -0.389 e. The number of Topliss-reactive ketones (excluding diaryl/α,β-unsaturated/α-hetero) is 1. The smallest absolute Gasteiger partial charge is 0.229 e. The summed E-state index contributed by atoms with van der Waals surface area (Å²) < 4.78 is 14.7. The first-order valence-electron chi connectivity index (χ1n) is 7.31. The number of rotatable bonds is 6. The van der Waals surface area contributed by atoms with E-state index < -0.39 is 17.7 Å². The molecule has 0 spiro atoms. The lowest BCUT2D eigenvalue weighted by molar-refractivity contribution is 0.103. The Kier molecular flexibility index (Phi) is 5.41. The summed E-state index contributed by atoms with van der Waals surface area (Å²) in [5, 5.41) is 32.8. The molecule has 1 atom stereocenters. The topological polar surface area (TPSA) is 115 Å². The van der Waals surface area contributed by atoms with E-state index in [2.05, 4.69) is 10.4 Å². The number of allylic oxidation sites excluding steroid dienone is 2. The molecule has 0 amide bonds. The van der Waals surface area contributed by atoms with Crippen LogP contribution in [-0.2, 0) is 7.05 Å². The van der Waals surface area contributed by atoms with Crippen LogP contribution in [0.4, 0.5) is 10.1 Å². The van der Waals surface area contributed by atoms with Crippen molar-refractivity contribution in [2.45, 2.75) is 13.0 Å². The van der Waals surface area contributed by atoms with Gasteiger partial charge in [-0.3, -0.25) is 9.48 Å². The number of aryl methyl sites for hydroxylation is 1. The number of aliphatic hydroxyl groups excluding tert-OH is 1. The predicted octanol–water partition coefficient (Wildman–Crippen LogP) is 2.31. The molecule has 128 valence electrons. The van der Waals surface area contributed by atoms with Crippen molar-refractivity contribution in [1.29, 1.82) is 10.7 Å². The molecule has 0 aliphatic heterocycles. The van der Waals surface area contributed by atoms with Gasteiger partial charge >= 0.3 is 0 Å². The highest BCUT2D eigenvalue weighted by Crippen LogP contribution is 2.25. The second-order valence-electron chi connectivity index (χ2n) is 5.26. The van der Waals surface area contributed by atoms with Gasteiger partial charge in [-0.15, -0.1) is 0 Å². The van der Waals surface area contributed by atoms with Gasteiger partial charge in [-0.25, -0.2) is 4.39 Å². The monoisotopic (exact) mass is 341 g/mol. The summed E-state index contributed by atoms with van der Waals surface area (Å²) in [5.74, 6) is -1.06. The second kappa shape index (κ2) is 7.51. The molecule has 1 aromatic carbocycles. The highest BCUT2D eigenvalue weighted by atomic mass is 19.1. The van der Waals surface area contributed by atoms with Gasteiger partial charge in [0.1, 0.15) is 23.3 Å². The van der Waals surface area contributed by atoms with Crippen LogP contribution in [0.1, 0.15) is 34.8 Å². The van der Waals surface area contributed by atoms with Gasteiger partial charge in [0.25, 0.3) is 0 Å². The molecule has 2 rings (SSSR count). The highest BCUT2D eigenvalue weighted by Gasteiger charge is 2.19. The van der Waals surface area contributed by atoms with Gasteiger partial charge in [0.2, 0.25) is 5.78 Å². The Morgan fingerprint density at radius 3 is 2.80 bits per heavy atom. The zero-order valence-electron chi connectivity index (χ0n) is 13.6. The lowest BCUT2D eigenvalue weighted by Gasteiger charge is -2.15. The van der Waals surface area contributed by atoms with Crippen LogP contribution in [0.2, 0.25) is 0 Å². The van der Waals surface area contributed by atoms with Crippen LogP contribution in [-0.4, -0.2) is 26.9 Å². The molecule has 0 saturated heterocycles. The van der Waals surface area contributed by atoms with E-state index in [1.807, 2.05) is 6.07 Å². The SMILES string of the molecule is CC(O)c1cc(F)ccc1N/C(=C\C=N)C(=O)c1cc(C#N)n(C)n1. The number of nitrogens with one attached hydrogen (secondary N) is 2. The van der Waals surface area contributed by atoms with E-state index in [0.717, 1.165) is 12.3 Å². The molecular weight excluding hydrogens is 325 g/mol. The molecule has 25 heavy (non-hydrogen) atoms. The minimum atomic E-state index is -0.963. The normalized spacial score (nSPS) is 12.4. The Morgan fingerprint density at radius 1 is 1.52 bits per heavy atom. The number of ketones is 1. The van der Waals surface area contributed by atoms with Gasteiger partial charge in [0.15, 0.2) is 0 Å². The lowest BCUT2D eigenvalue weighted by atomic mass is 10.1. The first-order valence-corrected chi connectivity index (χ1v) is 7.31. The molecule has 0 fully saturated rings. The number of halogens is 1. The van der Waals surface area contributed by atoms with Crippen LogP contribution in [0.3, 0.4) is 0 Å². The molecule has 0 aliphatic rings. The third-order valence-electron chi connectivity index (χ3n) is 3.45. The first-order chi connectivity index (χ1) is 11.9. The number of carbonyl (C=O) groups is 1. The Morgan fingerprint density at radius 2 is 2.24 bits per heavy atom. The largest absolute Gasteiger partial charge is 0.389 e. The van der Waals surface area contributed by atoms with Crippen LogP contribution in [0.5, 0.6) is 0 Å². The first kappa shape index (κ1) is 18.0. The summed E-state index contributed by atoms with van der Waals surface area (Å²) in [4.78, 5) is 12.6. The summed E-state index contributed by atoms with van der Waals surface area (Å²) in [6.07, 6.45) is 1.17. The summed E-state index contributed by atoms with van der Waals surface area (Å²) >= 11 is 0. The summed E-state index contributed by atoms with van der Waals surface area (Å²) in [7, 11) is 1.54. The fourth-order valence-electron chi connectivity index (χ4n) is 2.22. The van der Waals surface area contributed by atoms with Crippen molar-refractivity contribution in [2.75, 3.05) is 5.32 Å². The standard InChI is InChI=1S/C17H16FN5O2/c1-10(24)13-7-11(18)3-4-14(13)21-15(5-6-19)17(25)16-8-12(9-20)23(2)22-16/h3-8,10,19,21,24H,1-2H3/b15-5-,19-6?. The van der Waals surface area contributed by atoms with Crippen molar-refractivity contribution >= 4 is 17.7 Å². The molecule has 1 aromatic heterocycles. The third kappa shape index (κ3) is 3.97. The number of aromatic nitrogens is 2. The minimum absolute atomic E-state index is 0.00565. The fourth-order valence-corrected chi connectivity index (χ4v) is 2.22. The number of anilines is 1. The zero-order valence-corrected chi connectivity index (χ0v) is 13.6. The van der Waals surface area contributed by atoms with Gasteiger partial charge in [-0.2, -0.15) is 10.4 Å². The fraction of sp³-hybridized carbons (Fsp3) is 0.176. The summed E-state index contributed by atoms with van der Waals surface area (Å²) in [6, 6.07) is 6.99.